The Morgan fingerprint density at radius 1 is 1.17 bits per heavy atom. The van der Waals surface area contributed by atoms with Crippen molar-refractivity contribution in [3.05, 3.63) is 0 Å². The summed E-state index contributed by atoms with van der Waals surface area (Å²) in [5.74, 6) is 0.316. The molecule has 2 fully saturated rings. The second-order valence-corrected chi connectivity index (χ2v) is 7.23. The number of nitrogens with one attached hydrogen (secondary N) is 2. The number of hydrogen-bond acceptors (Lipinski definition) is 4. The quantitative estimate of drug-likeness (QED) is 0.693. The van der Waals surface area contributed by atoms with Crippen molar-refractivity contribution < 1.29 is 19.5 Å². The van der Waals surface area contributed by atoms with E-state index in [1.807, 2.05) is 0 Å². The normalized spacial score (nSPS) is 22.4. The number of hydrogen-bond donors (Lipinski definition) is 3. The standard InChI is InChI=1S/C15H25N3O4S/c19-13(18-6-7-23-10-12(18)8-14(20)21)9-16-15(22)17-11-4-2-1-3-5-11/h11-12H,1-10H2,(H,20,21)(H2,16,17,22). The molecule has 0 radical (unpaired) electrons. The Morgan fingerprint density at radius 3 is 2.61 bits per heavy atom. The van der Waals surface area contributed by atoms with Gasteiger partial charge in [-0.25, -0.2) is 4.79 Å². The summed E-state index contributed by atoms with van der Waals surface area (Å²) in [7, 11) is 0. The van der Waals surface area contributed by atoms with Gasteiger partial charge in [-0.3, -0.25) is 9.59 Å². The fourth-order valence-electron chi connectivity index (χ4n) is 3.09. The fraction of sp³-hybridized carbons (Fsp3) is 0.800. The Morgan fingerprint density at radius 2 is 1.91 bits per heavy atom. The Hall–Kier alpha value is -1.44. The molecule has 1 aliphatic carbocycles. The molecule has 2 aliphatic rings. The molecule has 7 nitrogen and oxygen atoms in total. The first kappa shape index (κ1) is 17.9. The van der Waals surface area contributed by atoms with Gasteiger partial charge >= 0.3 is 12.0 Å². The summed E-state index contributed by atoms with van der Waals surface area (Å²) in [4.78, 5) is 36.6. The van der Waals surface area contributed by atoms with Crippen LogP contribution in [-0.4, -0.2) is 64.6 Å². The molecule has 3 N–H and O–H groups in total. The van der Waals surface area contributed by atoms with Gasteiger partial charge in [0.1, 0.15) is 0 Å². The Labute approximate surface area is 140 Å². The van der Waals surface area contributed by atoms with Gasteiger partial charge < -0.3 is 20.6 Å². The highest BCUT2D eigenvalue weighted by Gasteiger charge is 2.28. The van der Waals surface area contributed by atoms with Crippen molar-refractivity contribution in [2.45, 2.75) is 50.6 Å². The van der Waals surface area contributed by atoms with Gasteiger partial charge in [-0.2, -0.15) is 11.8 Å². The lowest BCUT2D eigenvalue weighted by molar-refractivity contribution is -0.140. The number of nitrogens with zero attached hydrogens (tertiary/aromatic N) is 1. The first-order valence-electron chi connectivity index (χ1n) is 8.19. The van der Waals surface area contributed by atoms with Crippen LogP contribution in [0.25, 0.3) is 0 Å². The van der Waals surface area contributed by atoms with Crippen molar-refractivity contribution in [2.24, 2.45) is 0 Å². The van der Waals surface area contributed by atoms with Gasteiger partial charge in [0, 0.05) is 24.1 Å². The summed E-state index contributed by atoms with van der Waals surface area (Å²) in [6.07, 6.45) is 5.42. The Bertz CT molecular complexity index is 440. The van der Waals surface area contributed by atoms with E-state index in [1.54, 1.807) is 16.7 Å². The zero-order valence-corrected chi connectivity index (χ0v) is 14.1. The Kier molecular flexibility index (Phi) is 7.01. The number of aliphatic carboxylic acids is 1. The molecule has 130 valence electrons. The number of carboxylic acids is 1. The topological polar surface area (TPSA) is 98.7 Å². The van der Waals surface area contributed by atoms with Crippen molar-refractivity contribution in [3.63, 3.8) is 0 Å². The molecule has 23 heavy (non-hydrogen) atoms. The van der Waals surface area contributed by atoms with Crippen LogP contribution in [-0.2, 0) is 9.59 Å². The summed E-state index contributed by atoms with van der Waals surface area (Å²) in [5, 5.41) is 14.4. The predicted octanol–water partition coefficient (Wildman–Crippen LogP) is 1.04. The molecule has 1 saturated heterocycles. The van der Waals surface area contributed by atoms with Crippen LogP contribution in [0.2, 0.25) is 0 Å². The van der Waals surface area contributed by atoms with Crippen molar-refractivity contribution >= 4 is 29.7 Å². The SMILES string of the molecule is O=C(O)CC1CSCCN1C(=O)CNC(=O)NC1CCCCC1. The van der Waals surface area contributed by atoms with Gasteiger partial charge in [0.2, 0.25) is 5.91 Å². The van der Waals surface area contributed by atoms with E-state index in [9.17, 15) is 14.4 Å². The second-order valence-electron chi connectivity index (χ2n) is 6.08. The van der Waals surface area contributed by atoms with E-state index < -0.39 is 5.97 Å². The molecule has 0 bridgehead atoms. The third kappa shape index (κ3) is 5.93. The van der Waals surface area contributed by atoms with E-state index >= 15 is 0 Å². The molecule has 2 rings (SSSR count). The van der Waals surface area contributed by atoms with Crippen LogP contribution in [0, 0.1) is 0 Å². The molecule has 8 heteroatoms. The van der Waals surface area contributed by atoms with Gasteiger partial charge in [-0.15, -0.1) is 0 Å². The third-order valence-electron chi connectivity index (χ3n) is 4.30. The van der Waals surface area contributed by atoms with Crippen molar-refractivity contribution in [3.8, 4) is 0 Å². The number of carboxylic acid groups (broad SMARTS) is 1. The average molecular weight is 343 g/mol. The first-order valence-corrected chi connectivity index (χ1v) is 9.35. The second kappa shape index (κ2) is 9.00. The van der Waals surface area contributed by atoms with Crippen LogP contribution in [0.5, 0.6) is 0 Å². The number of rotatable bonds is 5. The highest BCUT2D eigenvalue weighted by Crippen LogP contribution is 2.19. The van der Waals surface area contributed by atoms with Crippen LogP contribution < -0.4 is 10.6 Å². The summed E-state index contributed by atoms with van der Waals surface area (Å²) in [5.41, 5.74) is 0. The van der Waals surface area contributed by atoms with E-state index in [0.29, 0.717) is 12.3 Å². The van der Waals surface area contributed by atoms with Gasteiger partial charge in [0.05, 0.1) is 19.0 Å². The van der Waals surface area contributed by atoms with Crippen LogP contribution >= 0.6 is 11.8 Å². The predicted molar refractivity (Wildman–Crippen MR) is 88.5 cm³/mol. The Balaban J connectivity index is 1.75. The van der Waals surface area contributed by atoms with Crippen LogP contribution in [0.3, 0.4) is 0 Å². The van der Waals surface area contributed by atoms with Gasteiger partial charge in [-0.1, -0.05) is 19.3 Å². The first-order chi connectivity index (χ1) is 11.1. The molecule has 0 aromatic rings. The summed E-state index contributed by atoms with van der Waals surface area (Å²) < 4.78 is 0. The third-order valence-corrected chi connectivity index (χ3v) is 5.39. The minimum atomic E-state index is -0.904. The van der Waals surface area contributed by atoms with Gasteiger partial charge in [0.25, 0.3) is 0 Å². The lowest BCUT2D eigenvalue weighted by Gasteiger charge is -2.34. The maximum Gasteiger partial charge on any atom is 0.315 e. The summed E-state index contributed by atoms with van der Waals surface area (Å²) >= 11 is 1.66. The minimum Gasteiger partial charge on any atom is -0.481 e. The zero-order valence-electron chi connectivity index (χ0n) is 13.3. The molecule has 1 unspecified atom stereocenters. The summed E-state index contributed by atoms with van der Waals surface area (Å²) in [6.45, 7) is 0.451. The number of carbonyl (C=O) groups is 3. The largest absolute Gasteiger partial charge is 0.481 e. The van der Waals surface area contributed by atoms with E-state index in [4.69, 9.17) is 5.11 Å². The van der Waals surface area contributed by atoms with Crippen molar-refractivity contribution in [1.82, 2.24) is 15.5 Å². The highest BCUT2D eigenvalue weighted by molar-refractivity contribution is 7.99. The molecule has 1 heterocycles. The van der Waals surface area contributed by atoms with E-state index in [-0.39, 0.29) is 37.0 Å². The highest BCUT2D eigenvalue weighted by atomic mass is 32.2. The fourth-order valence-corrected chi connectivity index (χ4v) is 4.16. The maximum atomic E-state index is 12.3. The lowest BCUT2D eigenvalue weighted by Crippen LogP contribution is -2.52. The molecular weight excluding hydrogens is 318 g/mol. The molecule has 0 aromatic carbocycles. The average Bonchev–Trinajstić information content (AvgIpc) is 2.53. The minimum absolute atomic E-state index is 0.0486. The van der Waals surface area contributed by atoms with Crippen LogP contribution in [0.1, 0.15) is 38.5 Å². The van der Waals surface area contributed by atoms with Crippen LogP contribution in [0.4, 0.5) is 4.79 Å². The number of thioether (sulfide) groups is 1. The smallest absolute Gasteiger partial charge is 0.315 e. The molecule has 0 spiro atoms. The van der Waals surface area contributed by atoms with Crippen molar-refractivity contribution in [2.75, 3.05) is 24.6 Å². The molecule has 1 atom stereocenters. The van der Waals surface area contributed by atoms with Gasteiger partial charge in [0.15, 0.2) is 0 Å². The molecule has 0 aromatic heterocycles. The van der Waals surface area contributed by atoms with Gasteiger partial charge in [-0.05, 0) is 12.8 Å². The van der Waals surface area contributed by atoms with E-state index in [2.05, 4.69) is 10.6 Å². The van der Waals surface area contributed by atoms with E-state index in [0.717, 1.165) is 31.4 Å². The zero-order chi connectivity index (χ0) is 16.7. The maximum absolute atomic E-state index is 12.3. The molecular formula is C15H25N3O4S. The lowest BCUT2D eigenvalue weighted by atomic mass is 9.96. The van der Waals surface area contributed by atoms with E-state index in [1.165, 1.54) is 6.42 Å². The molecule has 3 amide bonds. The van der Waals surface area contributed by atoms with Crippen LogP contribution in [0.15, 0.2) is 0 Å². The summed E-state index contributed by atoms with van der Waals surface area (Å²) in [6, 6.07) is -0.404. The molecule has 1 aliphatic heterocycles. The number of amides is 3. The van der Waals surface area contributed by atoms with Crippen molar-refractivity contribution in [1.29, 1.82) is 0 Å². The monoisotopic (exact) mass is 343 g/mol. The number of carbonyl (C=O) groups excluding carboxylic acids is 2. The number of urea groups is 1. The molecule has 1 saturated carbocycles.